The van der Waals surface area contributed by atoms with Crippen molar-refractivity contribution in [1.29, 1.82) is 0 Å². The highest BCUT2D eigenvalue weighted by molar-refractivity contribution is 5.74. The van der Waals surface area contributed by atoms with Gasteiger partial charge < -0.3 is 15.3 Å². The van der Waals surface area contributed by atoms with Crippen molar-refractivity contribution in [2.75, 3.05) is 19.7 Å². The topological polar surface area (TPSA) is 82.8 Å². The molecule has 7 heteroatoms. The van der Waals surface area contributed by atoms with E-state index in [1.165, 1.54) is 0 Å². The maximum Gasteiger partial charge on any atom is 0.317 e. The predicted octanol–water partition coefficient (Wildman–Crippen LogP) is 1.67. The number of fused-ring (bicyclic) bond motifs is 1. The van der Waals surface area contributed by atoms with E-state index in [1.807, 2.05) is 12.1 Å². The van der Waals surface area contributed by atoms with Gasteiger partial charge in [-0.25, -0.2) is 14.3 Å². The van der Waals surface area contributed by atoms with Crippen LogP contribution in [0.3, 0.4) is 0 Å². The van der Waals surface area contributed by atoms with Crippen LogP contribution in [0.25, 0.3) is 5.65 Å². The number of nitrogens with zero attached hydrogens (tertiary/aromatic N) is 4. The van der Waals surface area contributed by atoms with Crippen molar-refractivity contribution in [2.24, 2.45) is 5.41 Å². The third-order valence-corrected chi connectivity index (χ3v) is 3.33. The van der Waals surface area contributed by atoms with Crippen molar-refractivity contribution in [3.05, 3.63) is 30.2 Å². The number of amides is 2. The molecule has 0 aliphatic heterocycles. The molecule has 2 heterocycles. The third-order valence-electron chi connectivity index (χ3n) is 3.33. The van der Waals surface area contributed by atoms with E-state index in [0.717, 1.165) is 11.3 Å². The number of aromatic nitrogens is 3. The van der Waals surface area contributed by atoms with Gasteiger partial charge in [0.05, 0.1) is 18.4 Å². The minimum atomic E-state index is -0.134. The van der Waals surface area contributed by atoms with E-state index in [0.29, 0.717) is 26.1 Å². The molecule has 0 aliphatic carbocycles. The van der Waals surface area contributed by atoms with Crippen LogP contribution < -0.4 is 5.32 Å². The summed E-state index contributed by atoms with van der Waals surface area (Å²) in [5, 5.41) is 16.2. The largest absolute Gasteiger partial charge is 0.396 e. The fourth-order valence-corrected chi connectivity index (χ4v) is 2.38. The van der Waals surface area contributed by atoms with Gasteiger partial charge in [-0.2, -0.15) is 5.10 Å². The smallest absolute Gasteiger partial charge is 0.317 e. The van der Waals surface area contributed by atoms with Crippen molar-refractivity contribution < 1.29 is 9.90 Å². The lowest BCUT2D eigenvalue weighted by atomic mass is 9.96. The predicted molar refractivity (Wildman–Crippen MR) is 88.0 cm³/mol. The van der Waals surface area contributed by atoms with E-state index in [4.69, 9.17) is 5.11 Å². The fourth-order valence-electron chi connectivity index (χ4n) is 2.38. The second-order valence-electron chi connectivity index (χ2n) is 6.76. The number of carbonyl (C=O) groups excluding carboxylic acids is 1. The van der Waals surface area contributed by atoms with Gasteiger partial charge in [0.25, 0.3) is 0 Å². The zero-order valence-electron chi connectivity index (χ0n) is 14.0. The van der Waals surface area contributed by atoms with Gasteiger partial charge in [-0.05, 0) is 17.9 Å². The van der Waals surface area contributed by atoms with Crippen LogP contribution in [0.5, 0.6) is 0 Å². The van der Waals surface area contributed by atoms with Gasteiger partial charge in [-0.15, -0.1) is 0 Å². The number of rotatable bonds is 6. The first-order valence-electron chi connectivity index (χ1n) is 7.82. The second-order valence-corrected chi connectivity index (χ2v) is 6.76. The van der Waals surface area contributed by atoms with E-state index in [-0.39, 0.29) is 18.1 Å². The molecule has 0 radical (unpaired) electrons. The Balaban J connectivity index is 2.01. The second kappa shape index (κ2) is 7.41. The minimum absolute atomic E-state index is 0.00128. The summed E-state index contributed by atoms with van der Waals surface area (Å²) in [6, 6.07) is 3.52. The molecule has 0 unspecified atom stereocenters. The Bertz CT molecular complexity index is 647. The molecule has 2 aromatic rings. The van der Waals surface area contributed by atoms with Crippen molar-refractivity contribution >= 4 is 11.7 Å². The third kappa shape index (κ3) is 4.92. The summed E-state index contributed by atoms with van der Waals surface area (Å²) in [5.41, 5.74) is 1.62. The lowest BCUT2D eigenvalue weighted by molar-refractivity contribution is 0.164. The van der Waals surface area contributed by atoms with Gasteiger partial charge in [0.15, 0.2) is 5.65 Å². The number of hydrogen-bond donors (Lipinski definition) is 2. The fraction of sp³-hybridized carbons (Fsp3) is 0.562. The van der Waals surface area contributed by atoms with Crippen LogP contribution in [-0.2, 0) is 6.54 Å². The number of carbonyl (C=O) groups is 1. The summed E-state index contributed by atoms with van der Waals surface area (Å²) in [4.78, 5) is 18.4. The first-order chi connectivity index (χ1) is 10.9. The molecule has 2 rings (SSSR count). The summed E-state index contributed by atoms with van der Waals surface area (Å²) in [6.45, 7) is 7.87. The van der Waals surface area contributed by atoms with Gasteiger partial charge in [0.2, 0.25) is 0 Å². The first-order valence-corrected chi connectivity index (χ1v) is 7.82. The number of urea groups is 1. The molecular weight excluding hydrogens is 294 g/mol. The molecule has 0 saturated heterocycles. The summed E-state index contributed by atoms with van der Waals surface area (Å²) in [6.07, 6.45) is 3.96. The Morgan fingerprint density at radius 2 is 2.13 bits per heavy atom. The van der Waals surface area contributed by atoms with Crippen LogP contribution >= 0.6 is 0 Å². The Morgan fingerprint density at radius 3 is 2.83 bits per heavy atom. The minimum Gasteiger partial charge on any atom is -0.396 e. The maximum absolute atomic E-state index is 12.5. The van der Waals surface area contributed by atoms with Gasteiger partial charge in [0, 0.05) is 32.0 Å². The molecule has 126 valence electrons. The summed E-state index contributed by atoms with van der Waals surface area (Å²) >= 11 is 0. The molecule has 0 saturated carbocycles. The summed E-state index contributed by atoms with van der Waals surface area (Å²) in [7, 11) is 0. The summed E-state index contributed by atoms with van der Waals surface area (Å²) < 4.78 is 1.71. The molecule has 0 fully saturated rings. The SMILES string of the molecule is CC(C)(C)CN(CCCO)C(=O)NCc1ccnc2ccnn12. The highest BCUT2D eigenvalue weighted by Gasteiger charge is 2.20. The molecule has 2 amide bonds. The van der Waals surface area contributed by atoms with Crippen LogP contribution in [0.2, 0.25) is 0 Å². The lowest BCUT2D eigenvalue weighted by Crippen LogP contribution is -2.44. The van der Waals surface area contributed by atoms with E-state index < -0.39 is 0 Å². The van der Waals surface area contributed by atoms with Gasteiger partial charge in [-0.1, -0.05) is 20.8 Å². The van der Waals surface area contributed by atoms with Crippen molar-refractivity contribution in [1.82, 2.24) is 24.8 Å². The van der Waals surface area contributed by atoms with Gasteiger partial charge >= 0.3 is 6.03 Å². The standard InChI is InChI=1S/C16H25N5O2/c1-16(2,3)12-20(9-4-10-22)15(23)18-11-13-5-7-17-14-6-8-19-21(13)14/h5-8,22H,4,9-12H2,1-3H3,(H,18,23). The lowest BCUT2D eigenvalue weighted by Gasteiger charge is -2.30. The molecule has 2 aromatic heterocycles. The zero-order valence-corrected chi connectivity index (χ0v) is 14.0. The number of hydrogen-bond acceptors (Lipinski definition) is 4. The van der Waals surface area contributed by atoms with Crippen LogP contribution in [0.15, 0.2) is 24.5 Å². The molecule has 0 atom stereocenters. The van der Waals surface area contributed by atoms with Gasteiger partial charge in [-0.3, -0.25) is 0 Å². The quantitative estimate of drug-likeness (QED) is 0.848. The molecule has 0 spiro atoms. The Labute approximate surface area is 136 Å². The number of aliphatic hydroxyl groups is 1. The van der Waals surface area contributed by atoms with Crippen LogP contribution in [0, 0.1) is 5.41 Å². The van der Waals surface area contributed by atoms with E-state index >= 15 is 0 Å². The molecular formula is C16H25N5O2. The molecule has 0 aromatic carbocycles. The highest BCUT2D eigenvalue weighted by atomic mass is 16.3. The zero-order chi connectivity index (χ0) is 16.9. The Kier molecular flexibility index (Phi) is 5.54. The Hall–Kier alpha value is -2.15. The molecule has 0 bridgehead atoms. The monoisotopic (exact) mass is 319 g/mol. The highest BCUT2D eigenvalue weighted by Crippen LogP contribution is 2.15. The molecule has 7 nitrogen and oxygen atoms in total. The van der Waals surface area contributed by atoms with E-state index in [9.17, 15) is 4.79 Å². The summed E-state index contributed by atoms with van der Waals surface area (Å²) in [5.74, 6) is 0. The van der Waals surface area contributed by atoms with Crippen LogP contribution in [0.4, 0.5) is 4.79 Å². The van der Waals surface area contributed by atoms with Crippen molar-refractivity contribution in [3.63, 3.8) is 0 Å². The van der Waals surface area contributed by atoms with Gasteiger partial charge in [0.1, 0.15) is 0 Å². The number of nitrogens with one attached hydrogen (secondary N) is 1. The average Bonchev–Trinajstić information content (AvgIpc) is 2.97. The van der Waals surface area contributed by atoms with Crippen LogP contribution in [0.1, 0.15) is 32.9 Å². The van der Waals surface area contributed by atoms with E-state index in [1.54, 1.807) is 21.8 Å². The van der Waals surface area contributed by atoms with Crippen molar-refractivity contribution in [2.45, 2.75) is 33.7 Å². The molecule has 2 N–H and O–H groups in total. The van der Waals surface area contributed by atoms with Crippen molar-refractivity contribution in [3.8, 4) is 0 Å². The maximum atomic E-state index is 12.5. The normalized spacial score (nSPS) is 11.7. The Morgan fingerprint density at radius 1 is 1.35 bits per heavy atom. The van der Waals surface area contributed by atoms with Crippen LogP contribution in [-0.4, -0.2) is 50.3 Å². The molecule has 23 heavy (non-hydrogen) atoms. The number of aliphatic hydroxyl groups excluding tert-OH is 1. The average molecular weight is 319 g/mol. The molecule has 0 aliphatic rings. The first kappa shape index (κ1) is 17.2. The van der Waals surface area contributed by atoms with E-state index in [2.05, 4.69) is 36.2 Å².